The smallest absolute Gasteiger partial charge is 0.267 e. The topological polar surface area (TPSA) is 43.3 Å². The van der Waals surface area contributed by atoms with Crippen molar-refractivity contribution in [2.45, 2.75) is 13.5 Å². The lowest BCUT2D eigenvalue weighted by Crippen LogP contribution is -2.21. The summed E-state index contributed by atoms with van der Waals surface area (Å²) >= 11 is 0. The van der Waals surface area contributed by atoms with Crippen LogP contribution in [0, 0.1) is 0 Å². The van der Waals surface area contributed by atoms with Crippen molar-refractivity contribution in [2.24, 2.45) is 0 Å². The number of methoxy groups -OCH3 is 1. The Balaban J connectivity index is 2.65. The van der Waals surface area contributed by atoms with Crippen LogP contribution in [0.15, 0.2) is 24.3 Å². The molecule has 1 heterocycles. The van der Waals surface area contributed by atoms with Gasteiger partial charge in [-0.25, -0.2) is 0 Å². The normalized spacial score (nSPS) is 10.5. The molecule has 0 saturated carbocycles. The van der Waals surface area contributed by atoms with E-state index in [1.54, 1.807) is 14.2 Å². The Hall–Kier alpha value is -1.97. The number of nitrogens with one attached hydrogen (secondary N) is 1. The fourth-order valence-electron chi connectivity index (χ4n) is 2.03. The number of rotatable bonds is 3. The third kappa shape index (κ3) is 1.86. The molecule has 0 spiro atoms. The van der Waals surface area contributed by atoms with Gasteiger partial charge in [-0.15, -0.1) is 0 Å². The van der Waals surface area contributed by atoms with E-state index in [2.05, 4.69) is 5.32 Å². The Morgan fingerprint density at radius 3 is 2.76 bits per heavy atom. The first-order valence-electron chi connectivity index (χ1n) is 5.60. The number of carbonyl (C=O) groups excluding carboxylic acids is 1. The van der Waals surface area contributed by atoms with E-state index in [0.717, 1.165) is 23.2 Å². The number of hydrogen-bond donors (Lipinski definition) is 1. The van der Waals surface area contributed by atoms with Crippen LogP contribution in [0.3, 0.4) is 0 Å². The van der Waals surface area contributed by atoms with Crippen LogP contribution in [0.4, 0.5) is 0 Å². The average Bonchev–Trinajstić information content (AvgIpc) is 2.74. The van der Waals surface area contributed by atoms with E-state index in [9.17, 15) is 4.79 Å². The van der Waals surface area contributed by atoms with Crippen molar-refractivity contribution in [1.82, 2.24) is 9.88 Å². The number of fused-ring (bicyclic) bond motifs is 1. The predicted molar refractivity (Wildman–Crippen MR) is 67.6 cm³/mol. The molecule has 4 nitrogen and oxygen atoms in total. The third-order valence-electron chi connectivity index (χ3n) is 2.88. The molecule has 0 aliphatic rings. The summed E-state index contributed by atoms with van der Waals surface area (Å²) in [6.07, 6.45) is 0. The maximum Gasteiger partial charge on any atom is 0.267 e. The van der Waals surface area contributed by atoms with Gasteiger partial charge in [-0.2, -0.15) is 0 Å². The van der Waals surface area contributed by atoms with Crippen molar-refractivity contribution < 1.29 is 9.53 Å². The summed E-state index contributed by atoms with van der Waals surface area (Å²) < 4.78 is 7.18. The SMILES string of the molecule is CCn1c(C(=O)NC)cc2cc(OC)ccc21. The Bertz CT molecular complexity index is 558. The lowest BCUT2D eigenvalue weighted by Gasteiger charge is -2.06. The van der Waals surface area contributed by atoms with Crippen LogP contribution in [0.5, 0.6) is 5.75 Å². The van der Waals surface area contributed by atoms with Crippen molar-refractivity contribution >= 4 is 16.8 Å². The van der Waals surface area contributed by atoms with Crippen LogP contribution >= 0.6 is 0 Å². The second kappa shape index (κ2) is 4.49. The largest absolute Gasteiger partial charge is 0.497 e. The molecule has 2 aromatic rings. The van der Waals surface area contributed by atoms with Crippen molar-refractivity contribution in [3.05, 3.63) is 30.0 Å². The van der Waals surface area contributed by atoms with E-state index in [4.69, 9.17) is 4.74 Å². The zero-order chi connectivity index (χ0) is 12.4. The molecule has 90 valence electrons. The number of ether oxygens (including phenoxy) is 1. The molecule has 0 aliphatic carbocycles. The summed E-state index contributed by atoms with van der Waals surface area (Å²) in [4.78, 5) is 11.8. The van der Waals surface area contributed by atoms with Crippen LogP contribution in [0.1, 0.15) is 17.4 Å². The predicted octanol–water partition coefficient (Wildman–Crippen LogP) is 2.03. The summed E-state index contributed by atoms with van der Waals surface area (Å²) in [5.74, 6) is 0.733. The van der Waals surface area contributed by atoms with Gasteiger partial charge < -0.3 is 14.6 Å². The zero-order valence-electron chi connectivity index (χ0n) is 10.3. The van der Waals surface area contributed by atoms with Crippen LogP contribution < -0.4 is 10.1 Å². The van der Waals surface area contributed by atoms with Gasteiger partial charge >= 0.3 is 0 Å². The summed E-state index contributed by atoms with van der Waals surface area (Å²) in [7, 11) is 3.28. The Labute approximate surface area is 100 Å². The highest BCUT2D eigenvalue weighted by atomic mass is 16.5. The van der Waals surface area contributed by atoms with Crippen LogP contribution in [0.25, 0.3) is 10.9 Å². The van der Waals surface area contributed by atoms with Gasteiger partial charge in [0.05, 0.1) is 7.11 Å². The third-order valence-corrected chi connectivity index (χ3v) is 2.88. The van der Waals surface area contributed by atoms with Gasteiger partial charge in [0, 0.05) is 24.5 Å². The minimum Gasteiger partial charge on any atom is -0.497 e. The number of carbonyl (C=O) groups is 1. The van der Waals surface area contributed by atoms with Crippen LogP contribution in [-0.2, 0) is 6.54 Å². The highest BCUT2D eigenvalue weighted by Gasteiger charge is 2.13. The Morgan fingerprint density at radius 2 is 2.18 bits per heavy atom. The van der Waals surface area contributed by atoms with Crippen LogP contribution in [0.2, 0.25) is 0 Å². The number of hydrogen-bond acceptors (Lipinski definition) is 2. The first-order chi connectivity index (χ1) is 8.21. The molecule has 2 rings (SSSR count). The molecule has 17 heavy (non-hydrogen) atoms. The fraction of sp³-hybridized carbons (Fsp3) is 0.308. The molecule has 0 fully saturated rings. The van der Waals surface area contributed by atoms with Gasteiger partial charge in [-0.3, -0.25) is 4.79 Å². The summed E-state index contributed by atoms with van der Waals surface area (Å²) in [6.45, 7) is 2.79. The van der Waals surface area contributed by atoms with Gasteiger partial charge in [-0.05, 0) is 31.2 Å². The molecule has 1 aromatic heterocycles. The molecular weight excluding hydrogens is 216 g/mol. The summed E-state index contributed by atoms with van der Waals surface area (Å²) in [6, 6.07) is 7.71. The van der Waals surface area contributed by atoms with E-state index >= 15 is 0 Å². The number of benzene rings is 1. The number of aromatic nitrogens is 1. The second-order valence-electron chi connectivity index (χ2n) is 3.78. The monoisotopic (exact) mass is 232 g/mol. The highest BCUT2D eigenvalue weighted by Crippen LogP contribution is 2.24. The van der Waals surface area contributed by atoms with Crippen molar-refractivity contribution in [3.8, 4) is 5.75 Å². The summed E-state index contributed by atoms with van der Waals surface area (Å²) in [5.41, 5.74) is 1.73. The number of aryl methyl sites for hydroxylation is 1. The highest BCUT2D eigenvalue weighted by molar-refractivity contribution is 5.98. The number of amides is 1. The fourth-order valence-corrected chi connectivity index (χ4v) is 2.03. The Morgan fingerprint density at radius 1 is 1.41 bits per heavy atom. The van der Waals surface area contributed by atoms with E-state index in [-0.39, 0.29) is 5.91 Å². The second-order valence-corrected chi connectivity index (χ2v) is 3.78. The molecule has 1 amide bonds. The first kappa shape index (κ1) is 11.5. The van der Waals surface area contributed by atoms with Gasteiger partial charge in [0.1, 0.15) is 11.4 Å². The quantitative estimate of drug-likeness (QED) is 0.880. The van der Waals surface area contributed by atoms with E-state index < -0.39 is 0 Å². The summed E-state index contributed by atoms with van der Waals surface area (Å²) in [5, 5.41) is 3.67. The van der Waals surface area contributed by atoms with Crippen molar-refractivity contribution in [2.75, 3.05) is 14.2 Å². The molecular formula is C13H16N2O2. The molecule has 0 atom stereocenters. The molecule has 1 N–H and O–H groups in total. The van der Waals surface area contributed by atoms with Gasteiger partial charge in [-0.1, -0.05) is 0 Å². The maximum atomic E-state index is 11.8. The average molecular weight is 232 g/mol. The van der Waals surface area contributed by atoms with E-state index in [1.807, 2.05) is 35.8 Å². The van der Waals surface area contributed by atoms with E-state index in [0.29, 0.717) is 5.69 Å². The molecule has 0 aliphatic heterocycles. The molecule has 0 saturated heterocycles. The van der Waals surface area contributed by atoms with Gasteiger partial charge in [0.25, 0.3) is 5.91 Å². The van der Waals surface area contributed by atoms with Crippen molar-refractivity contribution in [3.63, 3.8) is 0 Å². The lowest BCUT2D eigenvalue weighted by atomic mass is 10.2. The Kier molecular flexibility index (Phi) is 3.04. The van der Waals surface area contributed by atoms with E-state index in [1.165, 1.54) is 0 Å². The molecule has 0 bridgehead atoms. The van der Waals surface area contributed by atoms with Crippen LogP contribution in [-0.4, -0.2) is 24.6 Å². The molecule has 1 aromatic carbocycles. The standard InChI is InChI=1S/C13H16N2O2/c1-4-15-11-6-5-10(17-3)7-9(11)8-12(15)13(16)14-2/h5-8H,4H2,1-3H3,(H,14,16). The molecule has 0 unspecified atom stereocenters. The van der Waals surface area contributed by atoms with Gasteiger partial charge in [0.15, 0.2) is 0 Å². The zero-order valence-corrected chi connectivity index (χ0v) is 10.3. The minimum atomic E-state index is -0.0676. The minimum absolute atomic E-state index is 0.0676. The maximum absolute atomic E-state index is 11.8. The van der Waals surface area contributed by atoms with Gasteiger partial charge in [0.2, 0.25) is 0 Å². The first-order valence-corrected chi connectivity index (χ1v) is 5.60. The molecule has 4 heteroatoms. The number of nitrogens with zero attached hydrogens (tertiary/aromatic N) is 1. The lowest BCUT2D eigenvalue weighted by molar-refractivity contribution is 0.0954. The molecule has 0 radical (unpaired) electrons. The van der Waals surface area contributed by atoms with Crippen molar-refractivity contribution in [1.29, 1.82) is 0 Å².